The number of piperidine rings is 1. The average Bonchev–Trinajstić information content (AvgIpc) is 3.39. The van der Waals surface area contributed by atoms with E-state index in [1.165, 1.54) is 29.3 Å². The number of nitrogens with zero attached hydrogens (tertiary/aromatic N) is 2. The Kier molecular flexibility index (Phi) is 11.7. The smallest absolute Gasteiger partial charge is 0.222 e. The minimum Gasteiger partial charge on any atom is -0.405 e. The SMILES string of the molecule is C=C1CCCc2ccccc2C(C2CCN(C(=O)CCc3cnc[nH]3)CC2)C1C.C=CN.CC. The summed E-state index contributed by atoms with van der Waals surface area (Å²) >= 11 is 0. The van der Waals surface area contributed by atoms with Gasteiger partial charge in [0.25, 0.3) is 0 Å². The molecule has 2 unspecified atom stereocenters. The standard InChI is InChI=1S/C25H33N3O.C2H5N.C2H6/c1-18-6-5-8-20-7-3-4-9-23(20)25(19(18)2)21-12-14-28(15-13-21)24(29)11-10-22-16-26-17-27-22;1-2-3;1-2/h3-4,7,9,16-17,19,21,25H,1,5-6,8,10-15H2,2H3,(H,26,27);2H,1,3H2;1-2H3. The van der Waals surface area contributed by atoms with Crippen LogP contribution in [0.15, 0.2) is 61.7 Å². The first kappa shape index (κ1) is 27.4. The summed E-state index contributed by atoms with van der Waals surface area (Å²) in [6, 6.07) is 9.03. The molecule has 2 aliphatic rings. The lowest BCUT2D eigenvalue weighted by Crippen LogP contribution is -2.41. The van der Waals surface area contributed by atoms with E-state index >= 15 is 0 Å². The summed E-state index contributed by atoms with van der Waals surface area (Å²) in [6.07, 6.45) is 11.7. The van der Waals surface area contributed by atoms with Crippen LogP contribution in [-0.2, 0) is 17.6 Å². The van der Waals surface area contributed by atoms with Gasteiger partial charge in [-0.05, 0) is 73.6 Å². The lowest BCUT2D eigenvalue weighted by Gasteiger charge is -2.41. The molecule has 1 saturated heterocycles. The summed E-state index contributed by atoms with van der Waals surface area (Å²) in [5.74, 6) is 1.93. The van der Waals surface area contributed by atoms with Crippen LogP contribution >= 0.6 is 0 Å². The van der Waals surface area contributed by atoms with Crippen molar-refractivity contribution in [1.29, 1.82) is 0 Å². The monoisotopic (exact) mass is 464 g/mol. The van der Waals surface area contributed by atoms with Crippen LogP contribution in [0.4, 0.5) is 0 Å². The molecule has 1 aromatic heterocycles. The quantitative estimate of drug-likeness (QED) is 0.544. The number of carbonyl (C=O) groups is 1. The Hall–Kier alpha value is -2.82. The highest BCUT2D eigenvalue weighted by Crippen LogP contribution is 2.44. The van der Waals surface area contributed by atoms with Gasteiger partial charge in [-0.15, -0.1) is 0 Å². The van der Waals surface area contributed by atoms with E-state index in [2.05, 4.69) is 64.9 Å². The fourth-order valence-electron chi connectivity index (χ4n) is 5.34. The Bertz CT molecular complexity index is 881. The van der Waals surface area contributed by atoms with Gasteiger partial charge in [-0.1, -0.05) is 63.8 Å². The molecule has 0 bridgehead atoms. The van der Waals surface area contributed by atoms with E-state index in [1.54, 1.807) is 12.5 Å². The fraction of sp³-hybridized carbons (Fsp3) is 0.517. The van der Waals surface area contributed by atoms with Crippen molar-refractivity contribution in [2.75, 3.05) is 13.1 Å². The predicted octanol–water partition coefficient (Wildman–Crippen LogP) is 6.01. The molecule has 2 heterocycles. The zero-order valence-electron chi connectivity index (χ0n) is 21.4. The number of aromatic amines is 1. The molecule has 3 N–H and O–H groups in total. The Morgan fingerprint density at radius 2 is 1.91 bits per heavy atom. The van der Waals surface area contributed by atoms with Crippen LogP contribution in [0.3, 0.4) is 0 Å². The van der Waals surface area contributed by atoms with Gasteiger partial charge in [0.15, 0.2) is 0 Å². The number of aromatic nitrogens is 2. The van der Waals surface area contributed by atoms with E-state index < -0.39 is 0 Å². The zero-order valence-corrected chi connectivity index (χ0v) is 21.4. The van der Waals surface area contributed by atoms with Crippen molar-refractivity contribution >= 4 is 5.91 Å². The van der Waals surface area contributed by atoms with Crippen molar-refractivity contribution < 1.29 is 4.79 Å². The van der Waals surface area contributed by atoms with Crippen LogP contribution in [0.5, 0.6) is 0 Å². The summed E-state index contributed by atoms with van der Waals surface area (Å²) in [6.45, 7) is 15.7. The second-order valence-electron chi connectivity index (χ2n) is 9.06. The maximum Gasteiger partial charge on any atom is 0.222 e. The molecular formula is C29H44N4O. The van der Waals surface area contributed by atoms with Gasteiger partial charge in [-0.2, -0.15) is 0 Å². The molecule has 0 spiro atoms. The molecule has 1 aromatic carbocycles. The average molecular weight is 465 g/mol. The number of likely N-dealkylation sites (tertiary alicyclic amines) is 1. The van der Waals surface area contributed by atoms with E-state index in [0.29, 0.717) is 24.2 Å². The minimum atomic E-state index is 0.272. The van der Waals surface area contributed by atoms with Crippen LogP contribution in [0.25, 0.3) is 0 Å². The van der Waals surface area contributed by atoms with Crippen molar-refractivity contribution in [2.45, 2.75) is 71.6 Å². The molecule has 0 radical (unpaired) electrons. The van der Waals surface area contributed by atoms with Crippen LogP contribution < -0.4 is 5.73 Å². The van der Waals surface area contributed by atoms with Gasteiger partial charge >= 0.3 is 0 Å². The molecular weight excluding hydrogens is 420 g/mol. The van der Waals surface area contributed by atoms with Gasteiger partial charge < -0.3 is 15.6 Å². The maximum atomic E-state index is 12.7. The highest BCUT2D eigenvalue weighted by atomic mass is 16.2. The zero-order chi connectivity index (χ0) is 24.9. The summed E-state index contributed by atoms with van der Waals surface area (Å²) in [4.78, 5) is 21.9. The fourth-order valence-corrected chi connectivity index (χ4v) is 5.34. The topological polar surface area (TPSA) is 75.0 Å². The summed E-state index contributed by atoms with van der Waals surface area (Å²) < 4.78 is 0. The van der Waals surface area contributed by atoms with E-state index in [0.717, 1.165) is 50.9 Å². The predicted molar refractivity (Wildman–Crippen MR) is 142 cm³/mol. The lowest BCUT2D eigenvalue weighted by atomic mass is 9.68. The highest BCUT2D eigenvalue weighted by molar-refractivity contribution is 5.76. The molecule has 1 amide bonds. The number of fused-ring (bicyclic) bond motifs is 1. The van der Waals surface area contributed by atoms with Gasteiger partial charge in [-0.25, -0.2) is 4.98 Å². The number of nitrogens with two attached hydrogens (primary N) is 1. The third-order valence-electron chi connectivity index (χ3n) is 7.10. The molecule has 2 atom stereocenters. The first-order valence-corrected chi connectivity index (χ1v) is 12.9. The molecule has 4 rings (SSSR count). The number of H-pyrrole nitrogens is 1. The van der Waals surface area contributed by atoms with E-state index in [-0.39, 0.29) is 5.91 Å². The summed E-state index contributed by atoms with van der Waals surface area (Å²) in [7, 11) is 0. The number of hydrogen-bond donors (Lipinski definition) is 2. The molecule has 2 aromatic rings. The number of benzene rings is 1. The molecule has 1 aliphatic carbocycles. The summed E-state index contributed by atoms with van der Waals surface area (Å²) in [5, 5.41) is 0. The molecule has 34 heavy (non-hydrogen) atoms. The highest BCUT2D eigenvalue weighted by Gasteiger charge is 2.35. The van der Waals surface area contributed by atoms with Crippen molar-refractivity contribution in [3.8, 4) is 0 Å². The lowest BCUT2D eigenvalue weighted by molar-refractivity contribution is -0.132. The number of imidazole rings is 1. The third kappa shape index (κ3) is 7.34. The first-order chi connectivity index (χ1) is 16.5. The van der Waals surface area contributed by atoms with Crippen LogP contribution in [-0.4, -0.2) is 33.9 Å². The van der Waals surface area contributed by atoms with Crippen molar-refractivity contribution in [3.05, 3.63) is 78.5 Å². The third-order valence-corrected chi connectivity index (χ3v) is 7.10. The molecule has 186 valence electrons. The Balaban J connectivity index is 0.000000758. The Morgan fingerprint density at radius 1 is 1.24 bits per heavy atom. The minimum absolute atomic E-state index is 0.272. The number of rotatable bonds is 4. The normalized spacial score (nSPS) is 20.4. The molecule has 1 fully saturated rings. The van der Waals surface area contributed by atoms with E-state index in [4.69, 9.17) is 0 Å². The number of hydrogen-bond acceptors (Lipinski definition) is 3. The molecule has 0 saturated carbocycles. The number of carbonyl (C=O) groups excluding carboxylic acids is 1. The number of allylic oxidation sites excluding steroid dienone is 1. The van der Waals surface area contributed by atoms with Crippen LogP contribution in [0.1, 0.15) is 75.6 Å². The van der Waals surface area contributed by atoms with Gasteiger partial charge in [0.2, 0.25) is 5.91 Å². The molecule has 5 heteroatoms. The second kappa shape index (κ2) is 14.4. The first-order valence-electron chi connectivity index (χ1n) is 12.9. The van der Waals surface area contributed by atoms with Gasteiger partial charge in [0, 0.05) is 31.4 Å². The molecule has 5 nitrogen and oxygen atoms in total. The van der Waals surface area contributed by atoms with Crippen molar-refractivity contribution in [2.24, 2.45) is 17.6 Å². The van der Waals surface area contributed by atoms with Gasteiger partial charge in [0.1, 0.15) is 0 Å². The van der Waals surface area contributed by atoms with Crippen molar-refractivity contribution in [1.82, 2.24) is 14.9 Å². The van der Waals surface area contributed by atoms with E-state index in [1.807, 2.05) is 13.8 Å². The van der Waals surface area contributed by atoms with Gasteiger partial charge in [0.05, 0.1) is 6.33 Å². The number of nitrogens with one attached hydrogen (secondary N) is 1. The Labute approximate surface area is 206 Å². The van der Waals surface area contributed by atoms with E-state index in [9.17, 15) is 4.79 Å². The van der Waals surface area contributed by atoms with Crippen LogP contribution in [0, 0.1) is 11.8 Å². The number of amides is 1. The second-order valence-corrected chi connectivity index (χ2v) is 9.06. The van der Waals surface area contributed by atoms with Gasteiger partial charge in [-0.3, -0.25) is 4.79 Å². The largest absolute Gasteiger partial charge is 0.405 e. The molecule has 1 aliphatic heterocycles. The van der Waals surface area contributed by atoms with Crippen LogP contribution in [0.2, 0.25) is 0 Å². The Morgan fingerprint density at radius 3 is 2.56 bits per heavy atom. The number of aryl methyl sites for hydroxylation is 2. The maximum absolute atomic E-state index is 12.7. The summed E-state index contributed by atoms with van der Waals surface area (Å²) in [5.41, 5.74) is 10.1. The van der Waals surface area contributed by atoms with Crippen molar-refractivity contribution in [3.63, 3.8) is 0 Å².